The second-order valence-corrected chi connectivity index (χ2v) is 7.36. The first-order valence-corrected chi connectivity index (χ1v) is 7.98. The maximum Gasteiger partial charge on any atom is 0.282 e. The monoisotopic (exact) mass is 286 g/mol. The van der Waals surface area contributed by atoms with Crippen molar-refractivity contribution < 1.29 is 8.42 Å². The van der Waals surface area contributed by atoms with E-state index >= 15 is 0 Å². The highest BCUT2D eigenvalue weighted by molar-refractivity contribution is 7.86. The van der Waals surface area contributed by atoms with Gasteiger partial charge in [-0.1, -0.05) is 6.92 Å². The molecule has 0 bridgehead atoms. The fourth-order valence-corrected chi connectivity index (χ4v) is 3.86. The molecule has 19 heavy (non-hydrogen) atoms. The Morgan fingerprint density at radius 1 is 1.53 bits per heavy atom. The first-order valence-electron chi connectivity index (χ1n) is 6.59. The smallest absolute Gasteiger partial charge is 0.282 e. The van der Waals surface area contributed by atoms with Gasteiger partial charge in [0, 0.05) is 39.6 Å². The summed E-state index contributed by atoms with van der Waals surface area (Å²) in [6.45, 7) is 3.64. The molecular weight excluding hydrogens is 264 g/mol. The van der Waals surface area contributed by atoms with E-state index in [0.717, 1.165) is 18.7 Å². The van der Waals surface area contributed by atoms with Gasteiger partial charge in [0.15, 0.2) is 0 Å². The number of rotatable bonds is 4. The van der Waals surface area contributed by atoms with Gasteiger partial charge in [0.2, 0.25) is 0 Å². The van der Waals surface area contributed by atoms with Crippen LogP contribution < -0.4 is 0 Å². The Balaban J connectivity index is 2.08. The van der Waals surface area contributed by atoms with Gasteiger partial charge in [-0.05, 0) is 18.8 Å². The maximum absolute atomic E-state index is 12.5. The lowest BCUT2D eigenvalue weighted by molar-refractivity contribution is 0.262. The summed E-state index contributed by atoms with van der Waals surface area (Å²) in [5.41, 5.74) is 0. The van der Waals surface area contributed by atoms with E-state index in [1.807, 2.05) is 17.8 Å². The lowest BCUT2D eigenvalue weighted by atomic mass is 10.0. The van der Waals surface area contributed by atoms with Crippen LogP contribution in [0, 0.1) is 5.92 Å². The molecule has 1 saturated heterocycles. The minimum absolute atomic E-state index is 0.302. The van der Waals surface area contributed by atoms with Gasteiger partial charge in [-0.3, -0.25) is 0 Å². The van der Waals surface area contributed by atoms with Crippen molar-refractivity contribution in [2.75, 3.05) is 20.1 Å². The summed E-state index contributed by atoms with van der Waals surface area (Å²) in [6, 6.07) is 0. The Hall–Kier alpha value is -0.920. The third-order valence-corrected chi connectivity index (χ3v) is 5.53. The van der Waals surface area contributed by atoms with Crippen molar-refractivity contribution in [3.8, 4) is 0 Å². The molecule has 1 fully saturated rings. The van der Waals surface area contributed by atoms with Crippen LogP contribution in [0.15, 0.2) is 12.4 Å². The van der Waals surface area contributed by atoms with E-state index in [1.165, 1.54) is 4.31 Å². The molecule has 1 aromatic heterocycles. The van der Waals surface area contributed by atoms with Gasteiger partial charge in [0.05, 0.1) is 6.54 Å². The fraction of sp³-hybridized carbons (Fsp3) is 0.750. The Morgan fingerprint density at radius 3 is 2.84 bits per heavy atom. The lowest BCUT2D eigenvalue weighted by Gasteiger charge is -2.32. The molecule has 6 nitrogen and oxygen atoms in total. The second-order valence-electron chi connectivity index (χ2n) is 5.32. The standard InChI is InChI=1S/C12H22N4O2S/c1-11-5-4-7-16(9-11)19(17,18)15(3)10-12-13-6-8-14(12)2/h6,8,11H,4-5,7,9-10H2,1-3H3/t11-/m1/s1. The molecule has 2 rings (SSSR count). The summed E-state index contributed by atoms with van der Waals surface area (Å²) >= 11 is 0. The lowest BCUT2D eigenvalue weighted by Crippen LogP contribution is -2.46. The largest absolute Gasteiger partial charge is 0.337 e. The molecule has 0 spiro atoms. The predicted molar refractivity (Wildman–Crippen MR) is 73.6 cm³/mol. The van der Waals surface area contributed by atoms with Crippen molar-refractivity contribution in [1.29, 1.82) is 0 Å². The number of piperidine rings is 1. The molecule has 0 amide bonds. The fourth-order valence-electron chi connectivity index (χ4n) is 2.38. The molecule has 7 heteroatoms. The molecule has 1 aromatic rings. The predicted octanol–water partition coefficient (Wildman–Crippen LogP) is 0.829. The van der Waals surface area contributed by atoms with E-state index in [1.54, 1.807) is 17.5 Å². The van der Waals surface area contributed by atoms with E-state index in [0.29, 0.717) is 25.6 Å². The van der Waals surface area contributed by atoms with Crippen LogP contribution in [0.4, 0.5) is 0 Å². The first kappa shape index (κ1) is 14.5. The summed E-state index contributed by atoms with van der Waals surface area (Å²) < 4.78 is 29.8. The summed E-state index contributed by atoms with van der Waals surface area (Å²) in [7, 11) is 0.107. The zero-order chi connectivity index (χ0) is 14.0. The van der Waals surface area contributed by atoms with Crippen LogP contribution in [0.1, 0.15) is 25.6 Å². The quantitative estimate of drug-likeness (QED) is 0.823. The van der Waals surface area contributed by atoms with Crippen LogP contribution in [0.25, 0.3) is 0 Å². The van der Waals surface area contributed by atoms with Gasteiger partial charge in [-0.2, -0.15) is 17.0 Å². The highest BCUT2D eigenvalue weighted by Crippen LogP contribution is 2.20. The molecule has 0 unspecified atom stereocenters. The molecule has 108 valence electrons. The molecule has 1 atom stereocenters. The van der Waals surface area contributed by atoms with Crippen LogP contribution in [-0.4, -0.2) is 46.7 Å². The summed E-state index contributed by atoms with van der Waals surface area (Å²) in [5.74, 6) is 1.18. The Kier molecular flexibility index (Phi) is 4.27. The SMILES string of the molecule is C[C@@H]1CCCN(S(=O)(=O)N(C)Cc2nccn2C)C1. The van der Waals surface area contributed by atoms with Gasteiger partial charge < -0.3 is 4.57 Å². The Bertz CT molecular complexity index is 526. The van der Waals surface area contributed by atoms with Gasteiger partial charge >= 0.3 is 0 Å². The van der Waals surface area contributed by atoms with Crippen LogP contribution >= 0.6 is 0 Å². The number of nitrogens with zero attached hydrogens (tertiary/aromatic N) is 4. The van der Waals surface area contributed by atoms with Gasteiger partial charge in [-0.15, -0.1) is 0 Å². The molecule has 0 N–H and O–H groups in total. The molecule has 0 aliphatic carbocycles. The Labute approximate surface area is 115 Å². The molecule has 2 heterocycles. The van der Waals surface area contributed by atoms with Crippen molar-refractivity contribution in [3.63, 3.8) is 0 Å². The third-order valence-electron chi connectivity index (χ3n) is 3.62. The topological polar surface area (TPSA) is 58.4 Å². The highest BCUT2D eigenvalue weighted by Gasteiger charge is 2.30. The summed E-state index contributed by atoms with van der Waals surface area (Å²) in [6.07, 6.45) is 5.54. The third kappa shape index (κ3) is 3.16. The van der Waals surface area contributed by atoms with Gasteiger partial charge in [0.25, 0.3) is 10.2 Å². The normalized spacial score (nSPS) is 22.0. The maximum atomic E-state index is 12.5. The van der Waals surface area contributed by atoms with E-state index in [2.05, 4.69) is 11.9 Å². The molecule has 0 saturated carbocycles. The van der Waals surface area contributed by atoms with E-state index in [-0.39, 0.29) is 0 Å². The molecule has 0 radical (unpaired) electrons. The van der Waals surface area contributed by atoms with Crippen LogP contribution in [0.3, 0.4) is 0 Å². The van der Waals surface area contributed by atoms with E-state index < -0.39 is 10.2 Å². The first-order chi connectivity index (χ1) is 8.91. The van der Waals surface area contributed by atoms with E-state index in [4.69, 9.17) is 0 Å². The number of hydrogen-bond acceptors (Lipinski definition) is 3. The van der Waals surface area contributed by atoms with Crippen LogP contribution in [-0.2, 0) is 23.8 Å². The molecule has 0 aromatic carbocycles. The zero-order valence-corrected chi connectivity index (χ0v) is 12.6. The number of hydrogen-bond donors (Lipinski definition) is 0. The van der Waals surface area contributed by atoms with Gasteiger partial charge in [0.1, 0.15) is 5.82 Å². The van der Waals surface area contributed by atoms with Crippen molar-refractivity contribution in [2.45, 2.75) is 26.3 Å². The summed E-state index contributed by atoms with van der Waals surface area (Å²) in [5, 5.41) is 0. The minimum atomic E-state index is -3.37. The Morgan fingerprint density at radius 2 is 2.26 bits per heavy atom. The van der Waals surface area contributed by atoms with Crippen molar-refractivity contribution in [1.82, 2.24) is 18.2 Å². The van der Waals surface area contributed by atoms with E-state index in [9.17, 15) is 8.42 Å². The van der Waals surface area contributed by atoms with Crippen LogP contribution in [0.2, 0.25) is 0 Å². The molecule has 1 aliphatic heterocycles. The minimum Gasteiger partial charge on any atom is -0.337 e. The van der Waals surface area contributed by atoms with Crippen LogP contribution in [0.5, 0.6) is 0 Å². The van der Waals surface area contributed by atoms with Gasteiger partial charge in [-0.25, -0.2) is 4.98 Å². The zero-order valence-electron chi connectivity index (χ0n) is 11.8. The number of aryl methyl sites for hydroxylation is 1. The highest BCUT2D eigenvalue weighted by atomic mass is 32.2. The summed E-state index contributed by atoms with van der Waals surface area (Å²) in [4.78, 5) is 4.17. The van der Waals surface area contributed by atoms with Crippen molar-refractivity contribution in [3.05, 3.63) is 18.2 Å². The average molecular weight is 286 g/mol. The number of imidazole rings is 1. The van der Waals surface area contributed by atoms with Crippen molar-refractivity contribution in [2.24, 2.45) is 13.0 Å². The average Bonchev–Trinajstić information content (AvgIpc) is 2.75. The molecular formula is C12H22N4O2S. The second kappa shape index (κ2) is 5.60. The molecule has 1 aliphatic rings. The van der Waals surface area contributed by atoms with Crippen molar-refractivity contribution >= 4 is 10.2 Å². The number of aromatic nitrogens is 2.